The van der Waals surface area contributed by atoms with Crippen LogP contribution in [0.25, 0.3) is 0 Å². The van der Waals surface area contributed by atoms with Crippen molar-refractivity contribution in [2.45, 2.75) is 6.42 Å². The first-order chi connectivity index (χ1) is 6.66. The van der Waals surface area contributed by atoms with Crippen LogP contribution >= 0.6 is 22.6 Å². The molecule has 3 nitrogen and oxygen atoms in total. The Bertz CT molecular complexity index is 378. The van der Waals surface area contributed by atoms with Crippen molar-refractivity contribution >= 4 is 39.9 Å². The molecule has 0 aliphatic carbocycles. The average molecular weight is 302 g/mol. The van der Waals surface area contributed by atoms with Crippen LogP contribution in [0.5, 0.6) is 0 Å². The number of hydrogen-bond acceptors (Lipinski definition) is 2. The number of rotatable bonds is 0. The molecule has 14 heavy (non-hydrogen) atoms. The van der Waals surface area contributed by atoms with Crippen molar-refractivity contribution < 1.29 is 4.79 Å². The molecule has 0 spiro atoms. The van der Waals surface area contributed by atoms with E-state index in [1.165, 1.54) is 0 Å². The molecule has 74 valence electrons. The van der Waals surface area contributed by atoms with Crippen LogP contribution in [0.15, 0.2) is 18.2 Å². The number of amides is 1. The fourth-order valence-corrected chi connectivity index (χ4v) is 2.03. The molecule has 0 radical (unpaired) electrons. The maximum atomic E-state index is 11.4. The van der Waals surface area contributed by atoms with Gasteiger partial charge in [0.15, 0.2) is 0 Å². The Balaban J connectivity index is 2.46. The maximum Gasteiger partial charge on any atom is 0.226 e. The quantitative estimate of drug-likeness (QED) is 0.744. The summed E-state index contributed by atoms with van der Waals surface area (Å²) < 4.78 is 1.14. The molecule has 1 aliphatic rings. The average Bonchev–Trinajstić information content (AvgIpc) is 2.26. The van der Waals surface area contributed by atoms with Gasteiger partial charge in [-0.15, -0.1) is 0 Å². The van der Waals surface area contributed by atoms with E-state index in [1.54, 1.807) is 0 Å². The van der Waals surface area contributed by atoms with Gasteiger partial charge in [-0.1, -0.05) is 0 Å². The third-order valence-electron chi connectivity index (χ3n) is 2.32. The van der Waals surface area contributed by atoms with E-state index < -0.39 is 0 Å². The third kappa shape index (κ3) is 1.84. The molecule has 0 bridgehead atoms. The van der Waals surface area contributed by atoms with Gasteiger partial charge in [0.2, 0.25) is 5.91 Å². The molecule has 0 fully saturated rings. The van der Waals surface area contributed by atoms with E-state index in [0.717, 1.165) is 21.5 Å². The summed E-state index contributed by atoms with van der Waals surface area (Å²) >= 11 is 2.24. The van der Waals surface area contributed by atoms with E-state index in [4.69, 9.17) is 0 Å². The van der Waals surface area contributed by atoms with Crippen molar-refractivity contribution in [1.82, 2.24) is 0 Å². The van der Waals surface area contributed by atoms with Gasteiger partial charge in [0.25, 0.3) is 0 Å². The predicted octanol–water partition coefficient (Wildman–Crippen LogP) is 2.07. The molecule has 2 rings (SSSR count). The molecule has 0 aromatic heterocycles. The molecule has 1 amide bonds. The summed E-state index contributed by atoms with van der Waals surface area (Å²) in [7, 11) is 2.01. The zero-order valence-electron chi connectivity index (χ0n) is 7.88. The number of nitrogens with one attached hydrogen (secondary N) is 1. The topological polar surface area (TPSA) is 32.3 Å². The van der Waals surface area contributed by atoms with E-state index in [9.17, 15) is 4.79 Å². The van der Waals surface area contributed by atoms with Crippen molar-refractivity contribution in [3.05, 3.63) is 21.8 Å². The number of fused-ring (bicyclic) bond motifs is 1. The van der Waals surface area contributed by atoms with Gasteiger partial charge < -0.3 is 10.2 Å². The zero-order valence-corrected chi connectivity index (χ0v) is 10.0. The highest BCUT2D eigenvalue weighted by Gasteiger charge is 2.15. The number of benzene rings is 1. The lowest BCUT2D eigenvalue weighted by atomic mass is 10.2. The van der Waals surface area contributed by atoms with Gasteiger partial charge in [-0.3, -0.25) is 4.79 Å². The monoisotopic (exact) mass is 302 g/mol. The van der Waals surface area contributed by atoms with Gasteiger partial charge in [-0.2, -0.15) is 0 Å². The highest BCUT2D eigenvalue weighted by atomic mass is 127. The maximum absolute atomic E-state index is 11.4. The van der Waals surface area contributed by atoms with Crippen LogP contribution in [-0.2, 0) is 4.79 Å². The SMILES string of the molecule is CN1CCC(=O)Nc2cc(I)ccc21. The number of carbonyl (C=O) groups excluding carboxylic acids is 1. The highest BCUT2D eigenvalue weighted by Crippen LogP contribution is 2.29. The number of hydrogen-bond donors (Lipinski definition) is 1. The number of halogens is 1. The van der Waals surface area contributed by atoms with E-state index in [1.807, 2.05) is 25.2 Å². The first-order valence-electron chi connectivity index (χ1n) is 4.47. The van der Waals surface area contributed by atoms with Gasteiger partial charge in [-0.05, 0) is 40.8 Å². The van der Waals surface area contributed by atoms with Gasteiger partial charge in [-0.25, -0.2) is 0 Å². The molecule has 4 heteroatoms. The van der Waals surface area contributed by atoms with Crippen LogP contribution in [-0.4, -0.2) is 19.5 Å². The smallest absolute Gasteiger partial charge is 0.226 e. The summed E-state index contributed by atoms with van der Waals surface area (Å²) in [6.07, 6.45) is 0.557. The molecule has 1 aromatic rings. The first-order valence-corrected chi connectivity index (χ1v) is 5.55. The lowest BCUT2D eigenvalue weighted by molar-refractivity contribution is -0.115. The molecule has 1 N–H and O–H groups in total. The summed E-state index contributed by atoms with van der Waals surface area (Å²) in [5, 5.41) is 2.91. The summed E-state index contributed by atoms with van der Waals surface area (Å²) in [6.45, 7) is 0.777. The van der Waals surface area contributed by atoms with E-state index in [2.05, 4.69) is 32.8 Å². The van der Waals surface area contributed by atoms with Crippen LogP contribution in [0.3, 0.4) is 0 Å². The van der Waals surface area contributed by atoms with Crippen molar-refractivity contribution in [1.29, 1.82) is 0 Å². The lowest BCUT2D eigenvalue weighted by Crippen LogP contribution is -2.18. The Hall–Kier alpha value is -0.780. The predicted molar refractivity (Wildman–Crippen MR) is 65.7 cm³/mol. The van der Waals surface area contributed by atoms with Crippen LogP contribution in [0.2, 0.25) is 0 Å². The molecule has 1 aromatic carbocycles. The van der Waals surface area contributed by atoms with Crippen molar-refractivity contribution in [2.24, 2.45) is 0 Å². The summed E-state index contributed by atoms with van der Waals surface area (Å²) in [4.78, 5) is 13.5. The van der Waals surface area contributed by atoms with Gasteiger partial charge in [0, 0.05) is 23.6 Å². The zero-order chi connectivity index (χ0) is 10.1. The Labute approximate surface area is 96.6 Å². The summed E-state index contributed by atoms with van der Waals surface area (Å²) in [5.74, 6) is 0.0950. The molecule has 0 unspecified atom stereocenters. The van der Waals surface area contributed by atoms with Crippen LogP contribution in [0, 0.1) is 3.57 Å². The minimum Gasteiger partial charge on any atom is -0.372 e. The summed E-state index contributed by atoms with van der Waals surface area (Å²) in [5.41, 5.74) is 2.01. The van der Waals surface area contributed by atoms with Crippen molar-refractivity contribution in [3.63, 3.8) is 0 Å². The van der Waals surface area contributed by atoms with Crippen LogP contribution in [0.1, 0.15) is 6.42 Å². The standard InChI is InChI=1S/C10H11IN2O/c1-13-5-4-10(14)12-8-6-7(11)2-3-9(8)13/h2-3,6H,4-5H2,1H3,(H,12,14). The Morgan fingerprint density at radius 1 is 1.50 bits per heavy atom. The van der Waals surface area contributed by atoms with E-state index in [0.29, 0.717) is 6.42 Å². The second-order valence-corrected chi connectivity index (χ2v) is 4.63. The van der Waals surface area contributed by atoms with Gasteiger partial charge in [0.05, 0.1) is 11.4 Å². The summed E-state index contributed by atoms with van der Waals surface area (Å²) in [6, 6.07) is 6.09. The molecule has 0 atom stereocenters. The minimum absolute atomic E-state index is 0.0950. The van der Waals surface area contributed by atoms with Crippen molar-refractivity contribution in [3.8, 4) is 0 Å². The second kappa shape index (κ2) is 3.76. The van der Waals surface area contributed by atoms with Gasteiger partial charge in [0.1, 0.15) is 0 Å². The fourth-order valence-electron chi connectivity index (χ4n) is 1.54. The van der Waals surface area contributed by atoms with Crippen LogP contribution < -0.4 is 10.2 Å². The molecule has 0 saturated heterocycles. The Morgan fingerprint density at radius 3 is 3.07 bits per heavy atom. The number of carbonyl (C=O) groups is 1. The lowest BCUT2D eigenvalue weighted by Gasteiger charge is -2.18. The molecular formula is C10H11IN2O. The number of anilines is 2. The Kier molecular flexibility index (Phi) is 2.62. The van der Waals surface area contributed by atoms with Crippen molar-refractivity contribution in [2.75, 3.05) is 23.8 Å². The normalized spacial score (nSPS) is 15.9. The van der Waals surface area contributed by atoms with Crippen LogP contribution in [0.4, 0.5) is 11.4 Å². The van der Waals surface area contributed by atoms with Gasteiger partial charge >= 0.3 is 0 Å². The molecular weight excluding hydrogens is 291 g/mol. The number of nitrogens with zero attached hydrogens (tertiary/aromatic N) is 1. The molecule has 1 heterocycles. The highest BCUT2D eigenvalue weighted by molar-refractivity contribution is 14.1. The van der Waals surface area contributed by atoms with E-state index >= 15 is 0 Å². The first kappa shape index (κ1) is 9.76. The Morgan fingerprint density at radius 2 is 2.29 bits per heavy atom. The minimum atomic E-state index is 0.0950. The largest absolute Gasteiger partial charge is 0.372 e. The van der Waals surface area contributed by atoms with E-state index in [-0.39, 0.29) is 5.91 Å². The molecule has 1 aliphatic heterocycles. The molecule has 0 saturated carbocycles. The third-order valence-corrected chi connectivity index (χ3v) is 2.99. The second-order valence-electron chi connectivity index (χ2n) is 3.38. The fraction of sp³-hybridized carbons (Fsp3) is 0.300.